The molecule has 0 unspecified atom stereocenters. The van der Waals surface area contributed by atoms with Crippen LogP contribution < -0.4 is 0 Å². The summed E-state index contributed by atoms with van der Waals surface area (Å²) in [5.41, 5.74) is 1.21. The fourth-order valence-corrected chi connectivity index (χ4v) is 3.79. The Morgan fingerprint density at radius 1 is 1.36 bits per heavy atom. The maximum Gasteiger partial charge on any atom is 0.355 e. The Balaban J connectivity index is 2.50. The lowest BCUT2D eigenvalue weighted by atomic mass is 10.2. The maximum absolute atomic E-state index is 13.1. The molecule has 1 aromatic rings. The first kappa shape index (κ1) is 18.6. The molecule has 0 saturated carbocycles. The van der Waals surface area contributed by atoms with Gasteiger partial charge >= 0.3 is 5.97 Å². The Labute approximate surface area is 147 Å². The first-order valence-corrected chi connectivity index (χ1v) is 9.01. The van der Waals surface area contributed by atoms with Gasteiger partial charge in [0.2, 0.25) is 0 Å². The zero-order valence-electron chi connectivity index (χ0n) is 14.0. The van der Waals surface area contributed by atoms with E-state index in [1.54, 1.807) is 19.1 Å². The molecule has 7 nitrogen and oxygen atoms in total. The SMILES string of the molecule is C=NC=N/C=C1\CC=C(C(=O)OCC)N1S(=O)(=O)c1ccc(C)cc1. The Bertz CT molecular complexity index is 852. The molecule has 0 saturated heterocycles. The molecule has 132 valence electrons. The van der Waals surface area contributed by atoms with Gasteiger partial charge < -0.3 is 4.74 Å². The van der Waals surface area contributed by atoms with Gasteiger partial charge in [0.05, 0.1) is 17.2 Å². The zero-order valence-corrected chi connectivity index (χ0v) is 14.9. The summed E-state index contributed by atoms with van der Waals surface area (Å²) in [5, 5.41) is 0. The Morgan fingerprint density at radius 2 is 2.04 bits per heavy atom. The largest absolute Gasteiger partial charge is 0.461 e. The van der Waals surface area contributed by atoms with Gasteiger partial charge in [-0.25, -0.2) is 22.5 Å². The number of rotatable bonds is 6. The van der Waals surface area contributed by atoms with Crippen molar-refractivity contribution in [1.29, 1.82) is 0 Å². The summed E-state index contributed by atoms with van der Waals surface area (Å²) in [6.07, 6.45) is 4.26. The summed E-state index contributed by atoms with van der Waals surface area (Å²) in [6.45, 7) is 6.93. The van der Waals surface area contributed by atoms with Crippen molar-refractivity contribution in [2.45, 2.75) is 25.2 Å². The highest BCUT2D eigenvalue weighted by atomic mass is 32.2. The fraction of sp³-hybridized carbons (Fsp3) is 0.235. The first-order chi connectivity index (χ1) is 11.9. The number of aryl methyl sites for hydroxylation is 1. The lowest BCUT2D eigenvalue weighted by Gasteiger charge is -2.22. The normalized spacial score (nSPS) is 16.3. The highest BCUT2D eigenvalue weighted by Crippen LogP contribution is 2.33. The van der Waals surface area contributed by atoms with Crippen molar-refractivity contribution in [2.75, 3.05) is 6.61 Å². The van der Waals surface area contributed by atoms with Crippen LogP contribution in [0.2, 0.25) is 0 Å². The van der Waals surface area contributed by atoms with Gasteiger partial charge in [-0.2, -0.15) is 0 Å². The number of ether oxygens (including phenoxy) is 1. The van der Waals surface area contributed by atoms with Crippen molar-refractivity contribution in [3.63, 3.8) is 0 Å². The number of nitrogens with zero attached hydrogens (tertiary/aromatic N) is 3. The molecule has 0 amide bonds. The highest BCUT2D eigenvalue weighted by Gasteiger charge is 2.37. The molecular formula is C17H19N3O4S. The molecule has 1 heterocycles. The Morgan fingerprint density at radius 3 is 2.64 bits per heavy atom. The number of carbonyl (C=O) groups is 1. The van der Waals surface area contributed by atoms with Crippen molar-refractivity contribution in [3.05, 3.63) is 53.5 Å². The molecule has 0 aromatic heterocycles. The van der Waals surface area contributed by atoms with Crippen molar-refractivity contribution in [2.24, 2.45) is 9.98 Å². The predicted molar refractivity (Wildman–Crippen MR) is 95.7 cm³/mol. The minimum Gasteiger partial charge on any atom is -0.461 e. The summed E-state index contributed by atoms with van der Waals surface area (Å²) in [7, 11) is -3.98. The van der Waals surface area contributed by atoms with Crippen LogP contribution in [-0.2, 0) is 19.6 Å². The summed E-state index contributed by atoms with van der Waals surface area (Å²) in [4.78, 5) is 19.6. The van der Waals surface area contributed by atoms with Gasteiger partial charge in [-0.15, -0.1) is 0 Å². The second-order valence-electron chi connectivity index (χ2n) is 5.16. The van der Waals surface area contributed by atoms with Crippen LogP contribution in [0.15, 0.2) is 62.8 Å². The summed E-state index contributed by atoms with van der Waals surface area (Å²) >= 11 is 0. The third-order valence-electron chi connectivity index (χ3n) is 3.40. The van der Waals surface area contributed by atoms with E-state index < -0.39 is 16.0 Å². The van der Waals surface area contributed by atoms with Gasteiger partial charge in [0.25, 0.3) is 10.0 Å². The topological polar surface area (TPSA) is 88.4 Å². The van der Waals surface area contributed by atoms with Crippen molar-refractivity contribution in [3.8, 4) is 0 Å². The van der Waals surface area contributed by atoms with E-state index in [1.165, 1.54) is 30.7 Å². The van der Waals surface area contributed by atoms with E-state index >= 15 is 0 Å². The summed E-state index contributed by atoms with van der Waals surface area (Å²) in [5.74, 6) is -0.701. The molecule has 0 aliphatic carbocycles. The minimum absolute atomic E-state index is 0.0459. The van der Waals surface area contributed by atoms with Crippen LogP contribution in [0.1, 0.15) is 18.9 Å². The zero-order chi connectivity index (χ0) is 18.4. The molecular weight excluding hydrogens is 342 g/mol. The van der Waals surface area contributed by atoms with Gasteiger partial charge in [0.15, 0.2) is 0 Å². The number of esters is 1. The molecule has 1 aromatic carbocycles. The second-order valence-corrected chi connectivity index (χ2v) is 6.95. The third kappa shape index (κ3) is 4.03. The molecule has 1 aliphatic heterocycles. The van der Waals surface area contributed by atoms with Gasteiger partial charge in [-0.05, 0) is 38.8 Å². The average Bonchev–Trinajstić information content (AvgIpc) is 3.00. The number of benzene rings is 1. The summed E-state index contributed by atoms with van der Waals surface area (Å²) in [6, 6.07) is 6.38. The molecule has 0 N–H and O–H groups in total. The van der Waals surface area contributed by atoms with Crippen molar-refractivity contribution >= 4 is 29.0 Å². The van der Waals surface area contributed by atoms with Crippen LogP contribution in [-0.4, -0.2) is 38.4 Å². The van der Waals surface area contributed by atoms with Crippen molar-refractivity contribution < 1.29 is 17.9 Å². The van der Waals surface area contributed by atoms with E-state index in [9.17, 15) is 13.2 Å². The number of allylic oxidation sites excluding steroid dienone is 1. The van der Waals surface area contributed by atoms with E-state index in [0.29, 0.717) is 5.70 Å². The molecule has 0 spiro atoms. The molecule has 2 rings (SSSR count). The standard InChI is InChI=1S/C17H19N3O4S/c1-4-24-17(21)16-10-7-14(11-19-12-18-3)20(16)25(22,23)15-8-5-13(2)6-9-15/h5-6,8-12H,3-4,7H2,1-2H3/b14-11+,19-12?. The fourth-order valence-electron chi connectivity index (χ4n) is 2.26. The smallest absolute Gasteiger partial charge is 0.355 e. The number of aliphatic imine (C=N–C) groups is 2. The van der Waals surface area contributed by atoms with Crippen LogP contribution in [0.3, 0.4) is 0 Å². The van der Waals surface area contributed by atoms with E-state index in [2.05, 4.69) is 16.7 Å². The molecule has 25 heavy (non-hydrogen) atoms. The molecule has 0 atom stereocenters. The van der Waals surface area contributed by atoms with Crippen LogP contribution in [0.25, 0.3) is 0 Å². The molecule has 1 aliphatic rings. The van der Waals surface area contributed by atoms with E-state index in [0.717, 1.165) is 9.87 Å². The van der Waals surface area contributed by atoms with E-state index in [-0.39, 0.29) is 23.6 Å². The van der Waals surface area contributed by atoms with Crippen LogP contribution in [0.4, 0.5) is 0 Å². The van der Waals surface area contributed by atoms with E-state index in [1.807, 2.05) is 6.92 Å². The Kier molecular flexibility index (Phi) is 5.87. The second kappa shape index (κ2) is 7.89. The molecule has 0 fully saturated rings. The van der Waals surface area contributed by atoms with Gasteiger partial charge in [0, 0.05) is 12.6 Å². The van der Waals surface area contributed by atoms with Crippen LogP contribution in [0.5, 0.6) is 0 Å². The number of carbonyl (C=O) groups excluding carboxylic acids is 1. The molecule has 0 bridgehead atoms. The molecule has 0 radical (unpaired) electrons. The highest BCUT2D eigenvalue weighted by molar-refractivity contribution is 7.89. The predicted octanol–water partition coefficient (Wildman–Crippen LogP) is 2.41. The monoisotopic (exact) mass is 361 g/mol. The number of hydrogen-bond donors (Lipinski definition) is 0. The quantitative estimate of drug-likeness (QED) is 0.442. The number of sulfonamides is 1. The lowest BCUT2D eigenvalue weighted by molar-refractivity contribution is -0.139. The van der Waals surface area contributed by atoms with E-state index in [4.69, 9.17) is 4.74 Å². The summed E-state index contributed by atoms with van der Waals surface area (Å²) < 4.78 is 32.1. The van der Waals surface area contributed by atoms with Gasteiger partial charge in [0.1, 0.15) is 12.0 Å². The average molecular weight is 361 g/mol. The van der Waals surface area contributed by atoms with Crippen LogP contribution in [0, 0.1) is 6.92 Å². The van der Waals surface area contributed by atoms with Gasteiger partial charge in [-0.3, -0.25) is 4.99 Å². The van der Waals surface area contributed by atoms with Crippen molar-refractivity contribution in [1.82, 2.24) is 4.31 Å². The lowest BCUT2D eigenvalue weighted by Crippen LogP contribution is -2.31. The van der Waals surface area contributed by atoms with Gasteiger partial charge in [-0.1, -0.05) is 17.7 Å². The minimum atomic E-state index is -3.98. The maximum atomic E-state index is 13.1. The third-order valence-corrected chi connectivity index (χ3v) is 5.18. The van der Waals surface area contributed by atoms with Crippen LogP contribution >= 0.6 is 0 Å². The molecule has 8 heteroatoms. The Hall–Kier alpha value is -2.74. The number of hydrogen-bond acceptors (Lipinski definition) is 5. The first-order valence-electron chi connectivity index (χ1n) is 7.57.